The summed E-state index contributed by atoms with van der Waals surface area (Å²) in [6, 6.07) is 7.95. The van der Waals surface area contributed by atoms with Crippen LogP contribution in [0, 0.1) is 6.92 Å². The summed E-state index contributed by atoms with van der Waals surface area (Å²) in [6.07, 6.45) is 2.75. The van der Waals surface area contributed by atoms with Gasteiger partial charge in [-0.15, -0.1) is 0 Å². The lowest BCUT2D eigenvalue weighted by atomic mass is 10.1. The number of benzene rings is 1. The van der Waals surface area contributed by atoms with Crippen molar-refractivity contribution in [2.75, 3.05) is 11.4 Å². The molecule has 5 heteroatoms. The van der Waals surface area contributed by atoms with Crippen LogP contribution < -0.4 is 4.90 Å². The highest BCUT2D eigenvalue weighted by molar-refractivity contribution is 5.97. The fourth-order valence-electron chi connectivity index (χ4n) is 2.89. The third kappa shape index (κ3) is 2.22. The quantitative estimate of drug-likeness (QED) is 0.869. The lowest BCUT2D eigenvalue weighted by Crippen LogP contribution is -2.25. The van der Waals surface area contributed by atoms with Gasteiger partial charge in [0.15, 0.2) is 5.82 Å². The predicted octanol–water partition coefficient (Wildman–Crippen LogP) is 2.78. The fraction of sp³-hybridized carbons (Fsp3) is 0.438. The maximum Gasteiger partial charge on any atom is 0.232 e. The van der Waals surface area contributed by atoms with E-state index in [9.17, 15) is 4.79 Å². The van der Waals surface area contributed by atoms with Crippen LogP contribution in [0.3, 0.4) is 0 Å². The first-order valence-electron chi connectivity index (χ1n) is 7.42. The summed E-state index contributed by atoms with van der Waals surface area (Å²) in [5, 5.41) is 4.05. The van der Waals surface area contributed by atoms with E-state index >= 15 is 0 Å². The molecule has 1 aliphatic heterocycles. The van der Waals surface area contributed by atoms with E-state index < -0.39 is 0 Å². The van der Waals surface area contributed by atoms with Crippen LogP contribution in [0.2, 0.25) is 0 Å². The van der Waals surface area contributed by atoms with Crippen molar-refractivity contribution in [3.8, 4) is 0 Å². The minimum atomic E-state index is 0.0112. The van der Waals surface area contributed by atoms with Crippen molar-refractivity contribution >= 4 is 11.6 Å². The molecular weight excluding hydrogens is 266 g/mol. The average Bonchev–Trinajstić information content (AvgIpc) is 3.08. The Morgan fingerprint density at radius 3 is 2.81 bits per heavy atom. The highest BCUT2D eigenvalue weighted by atomic mass is 16.5. The van der Waals surface area contributed by atoms with Gasteiger partial charge in [-0.05, 0) is 31.4 Å². The number of rotatable bonds is 3. The van der Waals surface area contributed by atoms with Gasteiger partial charge in [0.05, 0.1) is 5.92 Å². The zero-order valence-corrected chi connectivity index (χ0v) is 12.0. The Morgan fingerprint density at radius 1 is 1.24 bits per heavy atom. The molecule has 1 aliphatic carbocycles. The Kier molecular flexibility index (Phi) is 2.80. The number of aromatic nitrogens is 2. The Hall–Kier alpha value is -2.17. The van der Waals surface area contributed by atoms with Gasteiger partial charge in [-0.2, -0.15) is 4.98 Å². The molecule has 108 valence electrons. The smallest absolute Gasteiger partial charge is 0.232 e. The van der Waals surface area contributed by atoms with Gasteiger partial charge in [0.2, 0.25) is 11.8 Å². The maximum atomic E-state index is 12.3. The lowest BCUT2D eigenvalue weighted by Gasteiger charge is -2.18. The van der Waals surface area contributed by atoms with Crippen LogP contribution in [-0.2, 0) is 4.79 Å². The van der Waals surface area contributed by atoms with Gasteiger partial charge < -0.3 is 9.42 Å². The lowest BCUT2D eigenvalue weighted by molar-refractivity contribution is -0.117. The Morgan fingerprint density at radius 2 is 2.05 bits per heavy atom. The molecule has 0 radical (unpaired) electrons. The highest BCUT2D eigenvalue weighted by Crippen LogP contribution is 2.39. The topological polar surface area (TPSA) is 59.2 Å². The third-order valence-corrected chi connectivity index (χ3v) is 4.28. The summed E-state index contributed by atoms with van der Waals surface area (Å²) in [7, 11) is 0. The molecule has 2 heterocycles. The first-order valence-corrected chi connectivity index (χ1v) is 7.42. The molecule has 2 fully saturated rings. The summed E-state index contributed by atoms with van der Waals surface area (Å²) in [5.74, 6) is 2.04. The summed E-state index contributed by atoms with van der Waals surface area (Å²) in [6.45, 7) is 2.64. The largest absolute Gasteiger partial charge is 0.339 e. The average molecular weight is 283 g/mol. The molecule has 0 unspecified atom stereocenters. The van der Waals surface area contributed by atoms with Gasteiger partial charge in [0, 0.05) is 24.6 Å². The van der Waals surface area contributed by atoms with E-state index in [0.717, 1.165) is 29.9 Å². The van der Waals surface area contributed by atoms with Crippen molar-refractivity contribution in [3.05, 3.63) is 41.5 Å². The molecule has 5 nitrogen and oxygen atoms in total. The standard InChI is InChI=1S/C16H17N3O2/c1-10-4-2-3-5-13(10)19-9-12(8-14(19)20)16-17-15(18-21-16)11-6-7-11/h2-5,11-12H,6-9H2,1H3/t12-/m0/s1. The monoisotopic (exact) mass is 283 g/mol. The second-order valence-electron chi connectivity index (χ2n) is 5.96. The summed E-state index contributed by atoms with van der Waals surface area (Å²) in [5.41, 5.74) is 2.09. The molecule has 1 saturated carbocycles. The molecule has 1 aromatic heterocycles. The molecule has 1 amide bonds. The van der Waals surface area contributed by atoms with Crippen molar-refractivity contribution in [3.63, 3.8) is 0 Å². The second-order valence-corrected chi connectivity index (χ2v) is 5.96. The zero-order chi connectivity index (χ0) is 14.4. The van der Waals surface area contributed by atoms with Gasteiger partial charge >= 0.3 is 0 Å². The predicted molar refractivity (Wildman–Crippen MR) is 77.2 cm³/mol. The van der Waals surface area contributed by atoms with Gasteiger partial charge in [0.1, 0.15) is 0 Å². The Bertz CT molecular complexity index is 690. The maximum absolute atomic E-state index is 12.3. The van der Waals surface area contributed by atoms with Gasteiger partial charge in [-0.3, -0.25) is 4.79 Å². The van der Waals surface area contributed by atoms with Crippen molar-refractivity contribution in [2.45, 2.75) is 38.0 Å². The van der Waals surface area contributed by atoms with E-state index in [0.29, 0.717) is 24.8 Å². The number of anilines is 1. The molecule has 2 aliphatic rings. The molecular formula is C16H17N3O2. The van der Waals surface area contributed by atoms with Crippen LogP contribution in [-0.4, -0.2) is 22.6 Å². The molecule has 1 atom stereocenters. The van der Waals surface area contributed by atoms with Crippen LogP contribution in [0.4, 0.5) is 5.69 Å². The van der Waals surface area contributed by atoms with Crippen molar-refractivity contribution in [1.29, 1.82) is 0 Å². The minimum absolute atomic E-state index is 0.0112. The Balaban J connectivity index is 1.57. The fourth-order valence-corrected chi connectivity index (χ4v) is 2.89. The number of aryl methyl sites for hydroxylation is 1. The second kappa shape index (κ2) is 4.69. The third-order valence-electron chi connectivity index (χ3n) is 4.28. The number of hydrogen-bond donors (Lipinski definition) is 0. The zero-order valence-electron chi connectivity index (χ0n) is 12.0. The molecule has 4 rings (SSSR count). The molecule has 21 heavy (non-hydrogen) atoms. The first-order chi connectivity index (χ1) is 10.2. The summed E-state index contributed by atoms with van der Waals surface area (Å²) < 4.78 is 5.37. The molecule has 0 spiro atoms. The van der Waals surface area contributed by atoms with Crippen LogP contribution in [0.15, 0.2) is 28.8 Å². The first kappa shape index (κ1) is 12.6. The van der Waals surface area contributed by atoms with Crippen LogP contribution >= 0.6 is 0 Å². The molecule has 0 bridgehead atoms. The van der Waals surface area contributed by atoms with E-state index in [2.05, 4.69) is 10.1 Å². The summed E-state index contributed by atoms with van der Waals surface area (Å²) in [4.78, 5) is 18.6. The van der Waals surface area contributed by atoms with E-state index in [-0.39, 0.29) is 11.8 Å². The highest BCUT2D eigenvalue weighted by Gasteiger charge is 2.37. The van der Waals surface area contributed by atoms with Crippen molar-refractivity contribution in [2.24, 2.45) is 0 Å². The van der Waals surface area contributed by atoms with E-state index in [1.165, 1.54) is 0 Å². The summed E-state index contributed by atoms with van der Waals surface area (Å²) >= 11 is 0. The number of nitrogens with zero attached hydrogens (tertiary/aromatic N) is 3. The van der Waals surface area contributed by atoms with Crippen LogP contribution in [0.1, 0.15) is 48.4 Å². The minimum Gasteiger partial charge on any atom is -0.339 e. The Labute approximate surface area is 123 Å². The van der Waals surface area contributed by atoms with E-state index in [1.807, 2.05) is 36.1 Å². The van der Waals surface area contributed by atoms with Gasteiger partial charge in [-0.1, -0.05) is 23.4 Å². The van der Waals surface area contributed by atoms with Gasteiger partial charge in [0.25, 0.3) is 0 Å². The van der Waals surface area contributed by atoms with E-state index in [4.69, 9.17) is 4.52 Å². The van der Waals surface area contributed by atoms with Crippen molar-refractivity contribution in [1.82, 2.24) is 10.1 Å². The van der Waals surface area contributed by atoms with Crippen molar-refractivity contribution < 1.29 is 9.32 Å². The number of hydrogen-bond acceptors (Lipinski definition) is 4. The van der Waals surface area contributed by atoms with Crippen LogP contribution in [0.5, 0.6) is 0 Å². The molecule has 1 aromatic carbocycles. The number of carbonyl (C=O) groups is 1. The van der Waals surface area contributed by atoms with Crippen LogP contribution in [0.25, 0.3) is 0 Å². The molecule has 0 N–H and O–H groups in total. The SMILES string of the molecule is Cc1ccccc1N1C[C@@H](c2nc(C3CC3)no2)CC1=O. The number of carbonyl (C=O) groups excluding carboxylic acids is 1. The normalized spacial score (nSPS) is 22.0. The molecule has 2 aromatic rings. The molecule has 1 saturated heterocycles. The van der Waals surface area contributed by atoms with E-state index in [1.54, 1.807) is 0 Å². The van der Waals surface area contributed by atoms with Gasteiger partial charge in [-0.25, -0.2) is 0 Å². The number of amides is 1. The number of para-hydroxylation sites is 1.